The van der Waals surface area contributed by atoms with E-state index >= 15 is 0 Å². The van der Waals surface area contributed by atoms with E-state index in [1.165, 1.54) is 16.4 Å². The molecule has 1 aromatic heterocycles. The highest BCUT2D eigenvalue weighted by Gasteiger charge is 2.31. The molecule has 1 atom stereocenters. The van der Waals surface area contributed by atoms with Crippen molar-refractivity contribution in [1.29, 1.82) is 0 Å². The molecule has 0 unspecified atom stereocenters. The standard InChI is InChI=1S/C21H21N3O5S/c1-26-14-7-5-12(6-8-14)20-22-21-24(23-20)18(25)11-17(30-21)13-9-15(27-2)19(29-4)16(10-13)28-3/h5-10,17H,11H2,1-4H3/t17-/m1/s1. The number of methoxy groups -OCH3 is 4. The lowest BCUT2D eigenvalue weighted by Gasteiger charge is -2.22. The van der Waals surface area contributed by atoms with Crippen LogP contribution in [0.1, 0.15) is 22.0 Å². The smallest absolute Gasteiger partial charge is 0.250 e. The Hall–Kier alpha value is -3.20. The maximum Gasteiger partial charge on any atom is 0.250 e. The van der Waals surface area contributed by atoms with Crippen LogP contribution in [-0.2, 0) is 0 Å². The Balaban J connectivity index is 1.67. The van der Waals surface area contributed by atoms with Gasteiger partial charge in [0.25, 0.3) is 5.91 Å². The molecule has 156 valence electrons. The minimum absolute atomic E-state index is 0.116. The lowest BCUT2D eigenvalue weighted by atomic mass is 10.1. The van der Waals surface area contributed by atoms with E-state index in [2.05, 4.69) is 10.1 Å². The summed E-state index contributed by atoms with van der Waals surface area (Å²) in [4.78, 5) is 17.4. The van der Waals surface area contributed by atoms with Gasteiger partial charge in [-0.2, -0.15) is 4.68 Å². The van der Waals surface area contributed by atoms with Crippen molar-refractivity contribution in [2.45, 2.75) is 16.8 Å². The highest BCUT2D eigenvalue weighted by molar-refractivity contribution is 7.99. The summed E-state index contributed by atoms with van der Waals surface area (Å²) in [6.45, 7) is 0. The number of nitrogens with zero attached hydrogens (tertiary/aromatic N) is 3. The van der Waals surface area contributed by atoms with Crippen LogP contribution < -0.4 is 18.9 Å². The molecule has 0 spiro atoms. The zero-order chi connectivity index (χ0) is 21.3. The summed E-state index contributed by atoms with van der Waals surface area (Å²) in [5.41, 5.74) is 1.71. The molecule has 0 fully saturated rings. The lowest BCUT2D eigenvalue weighted by Crippen LogP contribution is -2.21. The zero-order valence-electron chi connectivity index (χ0n) is 17.0. The van der Waals surface area contributed by atoms with Gasteiger partial charge in [-0.1, -0.05) is 11.8 Å². The Morgan fingerprint density at radius 2 is 1.63 bits per heavy atom. The van der Waals surface area contributed by atoms with Crippen molar-refractivity contribution in [2.75, 3.05) is 28.4 Å². The van der Waals surface area contributed by atoms with Crippen molar-refractivity contribution in [3.8, 4) is 34.4 Å². The fourth-order valence-corrected chi connectivity index (χ4v) is 4.42. The van der Waals surface area contributed by atoms with Crippen LogP contribution in [0.3, 0.4) is 0 Å². The van der Waals surface area contributed by atoms with Gasteiger partial charge in [-0.05, 0) is 42.0 Å². The second-order valence-corrected chi connectivity index (χ2v) is 7.69. The second kappa shape index (κ2) is 8.27. The second-order valence-electron chi connectivity index (χ2n) is 6.52. The molecule has 9 heteroatoms. The van der Waals surface area contributed by atoms with Crippen molar-refractivity contribution in [3.63, 3.8) is 0 Å². The molecule has 8 nitrogen and oxygen atoms in total. The summed E-state index contributed by atoms with van der Waals surface area (Å²) in [5.74, 6) is 2.74. The van der Waals surface area contributed by atoms with Crippen molar-refractivity contribution in [3.05, 3.63) is 42.0 Å². The van der Waals surface area contributed by atoms with Gasteiger partial charge in [0.2, 0.25) is 5.75 Å². The number of carbonyl (C=O) groups is 1. The number of aromatic nitrogens is 3. The molecule has 1 aliphatic rings. The summed E-state index contributed by atoms with van der Waals surface area (Å²) >= 11 is 1.48. The van der Waals surface area contributed by atoms with E-state index < -0.39 is 0 Å². The Bertz CT molecular complexity index is 1060. The fourth-order valence-electron chi connectivity index (χ4n) is 3.29. The Morgan fingerprint density at radius 3 is 2.20 bits per heavy atom. The van der Waals surface area contributed by atoms with Crippen LogP contribution in [0.2, 0.25) is 0 Å². The van der Waals surface area contributed by atoms with Crippen molar-refractivity contribution in [2.24, 2.45) is 0 Å². The molecule has 3 aromatic rings. The van der Waals surface area contributed by atoms with Crippen molar-refractivity contribution in [1.82, 2.24) is 14.8 Å². The number of ether oxygens (including phenoxy) is 4. The molecule has 0 radical (unpaired) electrons. The van der Waals surface area contributed by atoms with Gasteiger partial charge in [-0.25, -0.2) is 4.98 Å². The van der Waals surface area contributed by atoms with E-state index in [0.29, 0.717) is 28.2 Å². The summed E-state index contributed by atoms with van der Waals surface area (Å²) < 4.78 is 22.8. The number of fused-ring (bicyclic) bond motifs is 1. The fraction of sp³-hybridized carbons (Fsp3) is 0.286. The minimum Gasteiger partial charge on any atom is -0.497 e. The molecule has 4 rings (SSSR count). The maximum absolute atomic E-state index is 12.8. The first kappa shape index (κ1) is 20.1. The summed E-state index contributed by atoms with van der Waals surface area (Å²) in [5, 5.41) is 4.81. The van der Waals surface area contributed by atoms with E-state index in [4.69, 9.17) is 18.9 Å². The quantitative estimate of drug-likeness (QED) is 0.586. The Kier molecular flexibility index (Phi) is 5.54. The molecule has 30 heavy (non-hydrogen) atoms. The SMILES string of the molecule is COc1ccc(-c2nc3n(n2)C(=O)C[C@H](c2cc(OC)c(OC)c(OC)c2)S3)cc1. The van der Waals surface area contributed by atoms with Gasteiger partial charge < -0.3 is 18.9 Å². The predicted octanol–water partition coefficient (Wildman–Crippen LogP) is 3.86. The molecular formula is C21H21N3O5S. The highest BCUT2D eigenvalue weighted by atomic mass is 32.2. The first-order chi connectivity index (χ1) is 14.6. The van der Waals surface area contributed by atoms with Crippen molar-refractivity contribution >= 4 is 17.7 Å². The topological polar surface area (TPSA) is 84.7 Å². The number of thioether (sulfide) groups is 1. The Morgan fingerprint density at radius 1 is 0.967 bits per heavy atom. The average Bonchev–Trinajstić information content (AvgIpc) is 3.23. The third-order valence-corrected chi connectivity index (χ3v) is 6.03. The third-order valence-electron chi connectivity index (χ3n) is 4.83. The molecule has 1 aliphatic heterocycles. The molecule has 0 saturated heterocycles. The molecule has 0 amide bonds. The summed E-state index contributed by atoms with van der Waals surface area (Å²) in [6.07, 6.45) is 0.279. The molecule has 2 aromatic carbocycles. The van der Waals surface area contributed by atoms with Crippen LogP contribution in [0.5, 0.6) is 23.0 Å². The van der Waals surface area contributed by atoms with Crippen LogP contribution in [0, 0.1) is 0 Å². The first-order valence-corrected chi connectivity index (χ1v) is 10.1. The lowest BCUT2D eigenvalue weighted by molar-refractivity contribution is 0.0868. The van der Waals surface area contributed by atoms with Gasteiger partial charge in [0, 0.05) is 17.2 Å². The predicted molar refractivity (Wildman–Crippen MR) is 112 cm³/mol. The normalized spacial score (nSPS) is 15.5. The van der Waals surface area contributed by atoms with Gasteiger partial charge >= 0.3 is 0 Å². The van der Waals surface area contributed by atoms with Crippen LogP contribution in [0.4, 0.5) is 0 Å². The zero-order valence-corrected chi connectivity index (χ0v) is 17.9. The highest BCUT2D eigenvalue weighted by Crippen LogP contribution is 2.46. The van der Waals surface area contributed by atoms with E-state index in [1.807, 2.05) is 36.4 Å². The molecule has 0 N–H and O–H groups in total. The number of carbonyl (C=O) groups excluding carboxylic acids is 1. The van der Waals surface area contributed by atoms with Crippen LogP contribution >= 0.6 is 11.8 Å². The summed E-state index contributed by atoms with van der Waals surface area (Å²) in [6, 6.07) is 11.1. The minimum atomic E-state index is -0.147. The number of hydrogen-bond donors (Lipinski definition) is 0. The van der Waals surface area contributed by atoms with E-state index in [1.54, 1.807) is 28.4 Å². The number of benzene rings is 2. The first-order valence-electron chi connectivity index (χ1n) is 9.19. The third kappa shape index (κ3) is 3.56. The molecule has 0 saturated carbocycles. The van der Waals surface area contributed by atoms with Crippen LogP contribution in [0.25, 0.3) is 11.4 Å². The van der Waals surface area contributed by atoms with Gasteiger partial charge in [0.1, 0.15) is 5.75 Å². The molecule has 2 heterocycles. The van der Waals surface area contributed by atoms with Crippen LogP contribution in [-0.4, -0.2) is 49.1 Å². The molecule has 0 aliphatic carbocycles. The van der Waals surface area contributed by atoms with Gasteiger partial charge in [0.05, 0.1) is 28.4 Å². The summed E-state index contributed by atoms with van der Waals surface area (Å²) in [7, 11) is 6.30. The monoisotopic (exact) mass is 427 g/mol. The maximum atomic E-state index is 12.8. The number of rotatable bonds is 6. The Labute approximate surface area is 178 Å². The van der Waals surface area contributed by atoms with E-state index in [-0.39, 0.29) is 17.6 Å². The molecule has 0 bridgehead atoms. The largest absolute Gasteiger partial charge is 0.497 e. The molecular weight excluding hydrogens is 406 g/mol. The van der Waals surface area contributed by atoms with Crippen LogP contribution in [0.15, 0.2) is 41.6 Å². The average molecular weight is 427 g/mol. The van der Waals surface area contributed by atoms with E-state index in [9.17, 15) is 4.79 Å². The van der Waals surface area contributed by atoms with Gasteiger partial charge in [-0.15, -0.1) is 5.10 Å². The van der Waals surface area contributed by atoms with Gasteiger partial charge in [0.15, 0.2) is 22.5 Å². The van der Waals surface area contributed by atoms with Gasteiger partial charge in [-0.3, -0.25) is 4.79 Å². The van der Waals surface area contributed by atoms with Crippen molar-refractivity contribution < 1.29 is 23.7 Å². The van der Waals surface area contributed by atoms with E-state index in [0.717, 1.165) is 16.9 Å². The number of hydrogen-bond acceptors (Lipinski definition) is 8.